The fourth-order valence-corrected chi connectivity index (χ4v) is 3.89. The van der Waals surface area contributed by atoms with Crippen LogP contribution < -0.4 is 10.9 Å². The van der Waals surface area contributed by atoms with Gasteiger partial charge in [-0.15, -0.1) is 0 Å². The number of halogens is 3. The zero-order valence-corrected chi connectivity index (χ0v) is 20.2. The van der Waals surface area contributed by atoms with Crippen molar-refractivity contribution in [3.63, 3.8) is 0 Å². The number of amides is 1. The van der Waals surface area contributed by atoms with Gasteiger partial charge in [0.15, 0.2) is 0 Å². The number of nitrogens with one attached hydrogen (secondary N) is 1. The minimum atomic E-state index is -4.38. The van der Waals surface area contributed by atoms with E-state index in [1.807, 2.05) is 31.2 Å². The molecule has 2 aromatic carbocycles. The maximum Gasteiger partial charge on any atom is 0.393 e. The number of aromatic nitrogens is 1. The van der Waals surface area contributed by atoms with Crippen LogP contribution in [0.1, 0.15) is 51.9 Å². The molecule has 0 spiro atoms. The summed E-state index contributed by atoms with van der Waals surface area (Å²) < 4.78 is 39.6. The summed E-state index contributed by atoms with van der Waals surface area (Å²) in [4.78, 5) is 24.2. The van der Waals surface area contributed by atoms with E-state index in [9.17, 15) is 28.0 Å². The molecule has 1 aromatic heterocycles. The van der Waals surface area contributed by atoms with E-state index in [1.165, 1.54) is 10.6 Å². The number of carbonyl (C=O) groups is 1. The number of pyridine rings is 1. The second kappa shape index (κ2) is 11.2. The fraction of sp³-hybridized carbons (Fsp3) is 0.296. The van der Waals surface area contributed by atoms with Crippen molar-refractivity contribution in [1.82, 2.24) is 9.88 Å². The van der Waals surface area contributed by atoms with Gasteiger partial charge in [0.05, 0.1) is 11.6 Å². The molecule has 0 aliphatic rings. The van der Waals surface area contributed by atoms with E-state index in [0.717, 1.165) is 23.6 Å². The molecular formula is C27H28F3N3O3. The van der Waals surface area contributed by atoms with E-state index in [-0.39, 0.29) is 17.0 Å². The molecule has 2 unspecified atom stereocenters. The summed E-state index contributed by atoms with van der Waals surface area (Å²) in [5, 5.41) is 15.6. The lowest BCUT2D eigenvalue weighted by molar-refractivity contribution is -0.167. The third-order valence-corrected chi connectivity index (χ3v) is 6.20. The van der Waals surface area contributed by atoms with Gasteiger partial charge in [-0.1, -0.05) is 48.5 Å². The zero-order chi connectivity index (χ0) is 26.5. The lowest BCUT2D eigenvalue weighted by atomic mass is 9.83. The van der Waals surface area contributed by atoms with Gasteiger partial charge < -0.3 is 15.1 Å². The van der Waals surface area contributed by atoms with Gasteiger partial charge in [-0.25, -0.2) is 0 Å². The van der Waals surface area contributed by atoms with Crippen LogP contribution in [0.25, 0.3) is 0 Å². The highest BCUT2D eigenvalue weighted by Crippen LogP contribution is 2.32. The maximum atomic E-state index is 12.7. The Labute approximate surface area is 207 Å². The molecule has 3 aromatic rings. The standard InChI is InChI=1S/C27H28F3N3O3/c1-17-6-4-5-7-22(17)23(14-24(32-36)21-12-13-25(34)33(3)16-21)19-8-10-20(11-9-19)26(35)31-15-18(2)27(28,29)30/h4-13,16,18,23,36H,14-15H2,1-3H3,(H,31,35)/b32-24+. The van der Waals surface area contributed by atoms with E-state index in [0.29, 0.717) is 17.7 Å². The smallest absolute Gasteiger partial charge is 0.393 e. The molecule has 36 heavy (non-hydrogen) atoms. The third-order valence-electron chi connectivity index (χ3n) is 6.20. The molecule has 0 saturated heterocycles. The Morgan fingerprint density at radius 2 is 1.69 bits per heavy atom. The highest BCUT2D eigenvalue weighted by Gasteiger charge is 2.35. The molecule has 0 aliphatic carbocycles. The molecule has 1 amide bonds. The number of hydrogen-bond acceptors (Lipinski definition) is 4. The van der Waals surface area contributed by atoms with Crippen LogP contribution in [0, 0.1) is 12.8 Å². The largest absolute Gasteiger partial charge is 0.411 e. The van der Waals surface area contributed by atoms with E-state index in [2.05, 4.69) is 10.5 Å². The number of hydrogen-bond donors (Lipinski definition) is 2. The first-order valence-corrected chi connectivity index (χ1v) is 11.4. The molecule has 6 nitrogen and oxygen atoms in total. The lowest BCUT2D eigenvalue weighted by Gasteiger charge is -2.21. The van der Waals surface area contributed by atoms with Crippen molar-refractivity contribution < 1.29 is 23.2 Å². The summed E-state index contributed by atoms with van der Waals surface area (Å²) in [5.74, 6) is -2.50. The van der Waals surface area contributed by atoms with Crippen molar-refractivity contribution >= 4 is 11.6 Å². The lowest BCUT2D eigenvalue weighted by Crippen LogP contribution is -2.34. The molecular weight excluding hydrogens is 471 g/mol. The first-order chi connectivity index (χ1) is 17.0. The average molecular weight is 500 g/mol. The topological polar surface area (TPSA) is 83.7 Å². The Bertz CT molecular complexity index is 1300. The van der Waals surface area contributed by atoms with Gasteiger partial charge in [-0.05, 0) is 41.8 Å². The summed E-state index contributed by atoms with van der Waals surface area (Å²) in [5.41, 5.74) is 3.85. The number of aryl methyl sites for hydroxylation is 2. The van der Waals surface area contributed by atoms with Crippen LogP contribution in [-0.4, -0.2) is 34.1 Å². The molecule has 1 heterocycles. The minimum Gasteiger partial charge on any atom is -0.411 e. The van der Waals surface area contributed by atoms with Crippen LogP contribution in [0.2, 0.25) is 0 Å². The Hall–Kier alpha value is -3.88. The Kier molecular flexibility index (Phi) is 8.34. The van der Waals surface area contributed by atoms with Crippen LogP contribution in [-0.2, 0) is 7.05 Å². The number of nitrogens with zero attached hydrogens (tertiary/aromatic N) is 2. The summed E-state index contributed by atoms with van der Waals surface area (Å²) in [6, 6.07) is 17.4. The number of carbonyl (C=O) groups excluding carboxylic acids is 1. The van der Waals surface area contributed by atoms with E-state index < -0.39 is 24.5 Å². The maximum absolute atomic E-state index is 12.7. The minimum absolute atomic E-state index is 0.190. The molecule has 3 rings (SSSR count). The molecule has 0 radical (unpaired) electrons. The van der Waals surface area contributed by atoms with Gasteiger partial charge in [0, 0.05) is 49.3 Å². The summed E-state index contributed by atoms with van der Waals surface area (Å²) >= 11 is 0. The Balaban J connectivity index is 1.89. The molecule has 2 atom stereocenters. The molecule has 190 valence electrons. The van der Waals surface area contributed by atoms with E-state index in [1.54, 1.807) is 43.6 Å². The first kappa shape index (κ1) is 26.7. The molecule has 9 heteroatoms. The van der Waals surface area contributed by atoms with Crippen LogP contribution in [0.3, 0.4) is 0 Å². The van der Waals surface area contributed by atoms with Crippen molar-refractivity contribution in [2.24, 2.45) is 18.1 Å². The summed E-state index contributed by atoms with van der Waals surface area (Å²) in [6.07, 6.45) is -2.48. The van der Waals surface area contributed by atoms with Crippen LogP contribution in [0.15, 0.2) is 76.8 Å². The van der Waals surface area contributed by atoms with E-state index in [4.69, 9.17) is 0 Å². The number of alkyl halides is 3. The first-order valence-electron chi connectivity index (χ1n) is 11.4. The summed E-state index contributed by atoms with van der Waals surface area (Å²) in [7, 11) is 1.61. The zero-order valence-electron chi connectivity index (χ0n) is 20.2. The number of oxime groups is 1. The van der Waals surface area contributed by atoms with Crippen molar-refractivity contribution in [1.29, 1.82) is 0 Å². The van der Waals surface area contributed by atoms with Gasteiger partial charge in [0.25, 0.3) is 5.91 Å². The third kappa shape index (κ3) is 6.41. The second-order valence-corrected chi connectivity index (χ2v) is 8.80. The summed E-state index contributed by atoms with van der Waals surface area (Å²) in [6.45, 7) is 2.47. The van der Waals surface area contributed by atoms with Gasteiger partial charge in [-0.2, -0.15) is 13.2 Å². The Morgan fingerprint density at radius 3 is 2.28 bits per heavy atom. The van der Waals surface area contributed by atoms with Crippen molar-refractivity contribution in [3.8, 4) is 0 Å². The predicted octanol–water partition coefficient (Wildman–Crippen LogP) is 5.02. The second-order valence-electron chi connectivity index (χ2n) is 8.80. The van der Waals surface area contributed by atoms with Crippen LogP contribution in [0.5, 0.6) is 0 Å². The highest BCUT2D eigenvalue weighted by atomic mass is 19.4. The van der Waals surface area contributed by atoms with Gasteiger partial charge >= 0.3 is 6.18 Å². The van der Waals surface area contributed by atoms with Crippen LogP contribution >= 0.6 is 0 Å². The average Bonchev–Trinajstić information content (AvgIpc) is 2.85. The monoisotopic (exact) mass is 499 g/mol. The molecule has 0 bridgehead atoms. The van der Waals surface area contributed by atoms with Gasteiger partial charge in [-0.3, -0.25) is 9.59 Å². The van der Waals surface area contributed by atoms with Crippen molar-refractivity contribution in [2.45, 2.75) is 32.4 Å². The van der Waals surface area contributed by atoms with Crippen LogP contribution in [0.4, 0.5) is 13.2 Å². The quantitative estimate of drug-likeness (QED) is 0.259. The predicted molar refractivity (Wildman–Crippen MR) is 132 cm³/mol. The van der Waals surface area contributed by atoms with Gasteiger partial charge in [0.1, 0.15) is 0 Å². The molecule has 0 fully saturated rings. The molecule has 0 saturated carbocycles. The Morgan fingerprint density at radius 1 is 1.06 bits per heavy atom. The number of benzene rings is 2. The highest BCUT2D eigenvalue weighted by molar-refractivity contribution is 6.00. The molecule has 2 N–H and O–H groups in total. The van der Waals surface area contributed by atoms with Gasteiger partial charge in [0.2, 0.25) is 5.56 Å². The number of rotatable bonds is 8. The fourth-order valence-electron chi connectivity index (χ4n) is 3.89. The van der Waals surface area contributed by atoms with E-state index >= 15 is 0 Å². The van der Waals surface area contributed by atoms with Crippen molar-refractivity contribution in [3.05, 3.63) is 105 Å². The normalized spacial score (nSPS) is 13.8. The SMILES string of the molecule is Cc1ccccc1C(C/C(=N\O)c1ccc(=O)n(C)c1)c1ccc(C(=O)NCC(C)C(F)(F)F)cc1. The van der Waals surface area contributed by atoms with Crippen molar-refractivity contribution in [2.75, 3.05) is 6.54 Å². The molecule has 0 aliphatic heterocycles.